The molecule has 0 unspecified atom stereocenters. The minimum atomic E-state index is -0.680. The topological polar surface area (TPSA) is 423 Å². The van der Waals surface area contributed by atoms with Crippen LogP contribution in [-0.4, -0.2) is 183 Å². The standard InChI is InChI=1S/C24H29FN6O2.C19H32BN3O4.C18H24BrN5O2.C12H17BFNO2.C5H4BrIN2.C5H5IN2.C2H3N.BHNS/c1-24(2,3)33-23(32)30-8-6-18(7-9-30)31-14-16(13-29-31)15-10-20(22(27)28-12-15)19-5-4-17(26)11-21(19)25;1-17(2,3)25-16(24)22-10-8-15(9-11-22)23-13-14(12-21-23)20-26-18(4,5)19(6,7)27-20;1-18(2,3)26-17(25)23-6-4-14(5-7-23)24-11-13(10-22-24)12-8-15(19)16(20)21-9-12;1-11(2)12(3,4)17-13(16-11)9-6-5-8(15)7-10(9)14;6-4-1-3(7)2-9-5(4)8;6-4-1-2-5(7)8-3-4;2*1-2-3/h4-5,10-14,18H,6-9,26H2,1-3H3,(H2,27,28);12-13,15H,8-11H2,1-7H3;8-11,14H,4-7H2,1-3H3,(H2,20,21);5-7H,15H2,1-4H3;1-2H,(H2,8,9);1-3H,(H2,7,8);1H3;3H. The Labute approximate surface area is 788 Å². The Bertz CT molecular complexity index is 5110. The Hall–Kier alpha value is -8.77. The van der Waals surface area contributed by atoms with E-state index in [0.29, 0.717) is 84.7 Å². The Morgan fingerprint density at radius 1 is 0.500 bits per heavy atom. The van der Waals surface area contributed by atoms with E-state index in [0.717, 1.165) is 82.3 Å². The van der Waals surface area contributed by atoms with E-state index in [1.165, 1.54) is 19.1 Å². The molecule has 3 amide bonds. The number of hydrogen-bond acceptors (Lipinski definition) is 26. The molecule has 31 nitrogen and oxygen atoms in total. The molecule has 677 valence electrons. The number of aromatic nitrogens is 10. The van der Waals surface area contributed by atoms with Gasteiger partial charge in [-0.25, -0.2) is 43.1 Å². The van der Waals surface area contributed by atoms with Crippen LogP contribution >= 0.6 is 89.9 Å². The molecule has 12 N–H and O–H groups in total. The van der Waals surface area contributed by atoms with Crippen LogP contribution in [0, 0.1) is 30.1 Å². The van der Waals surface area contributed by atoms with E-state index in [1.54, 1.807) is 82.1 Å². The average Bonchev–Trinajstić information content (AvgIpc) is 1.62. The molecule has 12 heterocycles. The summed E-state index contributed by atoms with van der Waals surface area (Å²) in [7, 11) is 3.26. The van der Waals surface area contributed by atoms with Crippen molar-refractivity contribution in [2.45, 2.75) is 220 Å². The third-order valence-corrected chi connectivity index (χ3v) is 23.2. The van der Waals surface area contributed by atoms with Gasteiger partial charge in [-0.05, 0) is 294 Å². The number of nitrogens with two attached hydrogens (primary N) is 6. The zero-order chi connectivity index (χ0) is 93.8. The van der Waals surface area contributed by atoms with Gasteiger partial charge in [0.1, 0.15) is 51.7 Å². The summed E-state index contributed by atoms with van der Waals surface area (Å²) < 4.78 is 80.7. The number of nitrogens with zero attached hydrogens (tertiary/aromatic N) is 15. The monoisotopic (exact) mass is 2100 g/mol. The van der Waals surface area contributed by atoms with Crippen LogP contribution in [0.15, 0.2) is 142 Å². The number of carbonyl (C=O) groups is 3. The van der Waals surface area contributed by atoms with Gasteiger partial charge in [0, 0.05) is 159 Å². The first kappa shape index (κ1) is 104. The second-order valence-electron chi connectivity index (χ2n) is 35.0. The summed E-state index contributed by atoms with van der Waals surface area (Å²) in [5, 5.41) is 20.9. The fraction of sp³-hybridized carbons (Fsp3) is 0.471. The van der Waals surface area contributed by atoms with Gasteiger partial charge in [-0.1, -0.05) is 6.07 Å². The number of carbonyl (C=O) groups excluding carboxylic acids is 3. The van der Waals surface area contributed by atoms with Crippen LogP contribution in [0.2, 0.25) is 0 Å². The number of ether oxygens (including phenoxy) is 3. The van der Waals surface area contributed by atoms with Gasteiger partial charge in [-0.2, -0.15) is 20.6 Å². The van der Waals surface area contributed by atoms with E-state index in [4.69, 9.17) is 72.5 Å². The van der Waals surface area contributed by atoms with Crippen LogP contribution in [0.1, 0.15) is 181 Å². The second kappa shape index (κ2) is 45.5. The second-order valence-corrected chi connectivity index (χ2v) is 39.4. The van der Waals surface area contributed by atoms with Crippen molar-refractivity contribution in [2.75, 3.05) is 73.7 Å². The Kier molecular flexibility index (Phi) is 37.6. The van der Waals surface area contributed by atoms with Gasteiger partial charge in [0.15, 0.2) is 0 Å². The maximum atomic E-state index is 14.5. The molecule has 0 saturated carbocycles. The molecule has 5 aliphatic heterocycles. The van der Waals surface area contributed by atoms with Crippen molar-refractivity contribution in [1.82, 2.24) is 64.0 Å². The number of nitrogen functional groups attached to an aromatic ring is 6. The molecule has 41 heteroatoms. The van der Waals surface area contributed by atoms with Crippen molar-refractivity contribution in [1.29, 1.82) is 5.26 Å². The molecule has 9 aromatic rings. The number of piperidine rings is 3. The number of pyridine rings is 4. The molecule has 5 fully saturated rings. The number of likely N-dealkylation sites (tertiary alicyclic amines) is 3. The number of benzene rings is 2. The van der Waals surface area contributed by atoms with Crippen LogP contribution in [-0.2, 0) is 32.8 Å². The van der Waals surface area contributed by atoms with Crippen molar-refractivity contribution in [3.8, 4) is 39.4 Å². The first-order valence-corrected chi connectivity index (χ1v) is 44.7. The van der Waals surface area contributed by atoms with E-state index in [2.05, 4.69) is 137 Å². The van der Waals surface area contributed by atoms with Gasteiger partial charge in [0.25, 0.3) is 0 Å². The van der Waals surface area contributed by atoms with Crippen LogP contribution in [0.5, 0.6) is 0 Å². The zero-order valence-corrected chi connectivity index (χ0v) is 82.9. The minimum absolute atomic E-state index is 0.174. The molecule has 126 heavy (non-hydrogen) atoms. The van der Waals surface area contributed by atoms with Crippen molar-refractivity contribution < 1.29 is 56.0 Å². The average molecular weight is 2110 g/mol. The van der Waals surface area contributed by atoms with E-state index >= 15 is 0 Å². The summed E-state index contributed by atoms with van der Waals surface area (Å²) in [5.41, 5.74) is 37.1. The first-order chi connectivity index (χ1) is 58.8. The number of halogens is 6. The third-order valence-electron chi connectivity index (χ3n) is 20.7. The van der Waals surface area contributed by atoms with Crippen molar-refractivity contribution in [2.24, 2.45) is 4.30 Å². The van der Waals surface area contributed by atoms with Crippen LogP contribution < -0.4 is 45.3 Å². The molecule has 7 aromatic heterocycles. The molecule has 5 aliphatic rings. The van der Waals surface area contributed by atoms with Crippen molar-refractivity contribution in [3.63, 3.8) is 0 Å². The third kappa shape index (κ3) is 31.0. The number of amides is 3. The first-order valence-electron chi connectivity index (χ1n) is 40.6. The van der Waals surface area contributed by atoms with E-state index in [1.807, 2.05) is 187 Å². The normalized spacial score (nSPS) is 16.5. The van der Waals surface area contributed by atoms with Gasteiger partial charge >= 0.3 is 57.3 Å². The molecule has 0 spiro atoms. The number of rotatable bonds is 8. The van der Waals surface area contributed by atoms with Gasteiger partial charge in [-0.15, -0.1) is 0 Å². The van der Waals surface area contributed by atoms with Gasteiger partial charge in [-0.3, -0.25) is 14.0 Å². The van der Waals surface area contributed by atoms with Crippen molar-refractivity contribution in [3.05, 3.63) is 156 Å². The zero-order valence-electron chi connectivity index (χ0n) is 74.5. The summed E-state index contributed by atoms with van der Waals surface area (Å²) in [5.74, 6) is 0.970. The summed E-state index contributed by atoms with van der Waals surface area (Å²) in [6, 6.07) is 20.8. The number of nitriles is 1. The van der Waals surface area contributed by atoms with Crippen LogP contribution in [0.4, 0.5) is 57.8 Å². The fourth-order valence-electron chi connectivity index (χ4n) is 12.7. The van der Waals surface area contributed by atoms with E-state index in [-0.39, 0.29) is 53.4 Å². The molecular formula is C85H115B3Br2F2I2N21O10S. The SMILES string of the molecule is CC#N.CC(C)(C)OC(=O)N1CCC(n2cc(-c3cnc(N)c(-c4ccc(N)cc4F)c3)cn2)CC1.CC(C)(C)OC(=O)N1CCC(n2cc(-c3cnc(N)c(Br)c3)cn2)CC1.CC(C)(C)OC(=O)N1CCC(n2cc(B3OC(C)(C)C(C)(C)O3)cn2)CC1.CC1(C)OB(c2ccc(N)cc2F)OC1(C)C.Nc1ccc(I)cn1.Nc1ncc(I)cc1Br.[B]=NS. The molecule has 2 aromatic carbocycles. The van der Waals surface area contributed by atoms with Gasteiger partial charge < -0.3 is 81.9 Å². The van der Waals surface area contributed by atoms with Gasteiger partial charge in [0.2, 0.25) is 0 Å². The summed E-state index contributed by atoms with van der Waals surface area (Å²) in [4.78, 5) is 58.1. The summed E-state index contributed by atoms with van der Waals surface area (Å²) >= 11 is 14.2. The summed E-state index contributed by atoms with van der Waals surface area (Å²) in [6.45, 7) is 38.1. The number of hydrogen-bond donors (Lipinski definition) is 7. The molecule has 5 saturated heterocycles. The predicted molar refractivity (Wildman–Crippen MR) is 519 cm³/mol. The molecule has 0 atom stereocenters. The van der Waals surface area contributed by atoms with Crippen molar-refractivity contribution >= 4 is 176 Å². The Morgan fingerprint density at radius 2 is 0.857 bits per heavy atom. The van der Waals surface area contributed by atoms with Crippen LogP contribution in [0.3, 0.4) is 0 Å². The van der Waals surface area contributed by atoms with E-state index < -0.39 is 53.9 Å². The maximum absolute atomic E-state index is 14.5. The Morgan fingerprint density at radius 3 is 1.22 bits per heavy atom. The predicted octanol–water partition coefficient (Wildman–Crippen LogP) is 16.8. The number of anilines is 6. The van der Waals surface area contributed by atoms with Gasteiger partial charge in [0.05, 0.1) is 67.9 Å². The summed E-state index contributed by atoms with van der Waals surface area (Å²) in [6.07, 6.45) is 22.5. The van der Waals surface area contributed by atoms with Crippen LogP contribution in [0.25, 0.3) is 33.4 Å². The van der Waals surface area contributed by atoms with E-state index in [9.17, 15) is 23.2 Å². The molecule has 1 radical (unpaired) electrons. The molecule has 14 rings (SSSR count). The fourth-order valence-corrected chi connectivity index (χ4v) is 14.6. The number of thiol groups is 1. The quantitative estimate of drug-likeness (QED) is 0.0244. The molecule has 0 aliphatic carbocycles. The molecular weight excluding hydrogens is 1990 g/mol. The Balaban J connectivity index is 0.000000215. The molecule has 0 bridgehead atoms.